The molecule has 0 aromatic carbocycles. The lowest BCUT2D eigenvalue weighted by Crippen LogP contribution is -2.44. The minimum Gasteiger partial charge on any atom is -0.356 e. The molecule has 174 valence electrons. The van der Waals surface area contributed by atoms with E-state index in [0.29, 0.717) is 25.5 Å². The van der Waals surface area contributed by atoms with Gasteiger partial charge in [0.15, 0.2) is 5.82 Å². The van der Waals surface area contributed by atoms with E-state index in [0.717, 1.165) is 35.8 Å². The first-order valence-electron chi connectivity index (χ1n) is 11.1. The molecule has 0 unspecified atom stereocenters. The van der Waals surface area contributed by atoms with Gasteiger partial charge in [0.05, 0.1) is 17.3 Å². The van der Waals surface area contributed by atoms with Gasteiger partial charge in [-0.2, -0.15) is 10.2 Å². The van der Waals surface area contributed by atoms with Crippen LogP contribution in [-0.2, 0) is 11.3 Å². The molecule has 1 atom stereocenters. The van der Waals surface area contributed by atoms with Crippen LogP contribution < -0.4 is 15.8 Å². The first kappa shape index (κ1) is 22.0. The highest BCUT2D eigenvalue weighted by atomic mass is 32.1. The fourth-order valence-electron chi connectivity index (χ4n) is 4.03. The van der Waals surface area contributed by atoms with Crippen LogP contribution in [-0.4, -0.2) is 55.1 Å². The molecule has 5 heterocycles. The summed E-state index contributed by atoms with van der Waals surface area (Å²) in [5.41, 5.74) is 0.568. The molecule has 11 heteroatoms. The summed E-state index contributed by atoms with van der Waals surface area (Å²) in [5.74, 6) is 1.29. The number of carbonyl (C=O) groups is 1. The average molecular weight is 477 g/mol. The number of rotatable bonds is 7. The van der Waals surface area contributed by atoms with Crippen LogP contribution in [0.3, 0.4) is 0 Å². The molecule has 0 radical (unpaired) electrons. The standard InChI is InChI=1S/C23H24N8O2S/c32-22-7-6-18(19-5-2-13-34-19)28-31(22)12-9-24-23(33)17-4-1-10-29(15-17)20-14-21(26-16-25-20)30-11-3-8-27-30/h2-3,5-8,11,13-14,16-17H,1,4,9-10,12,15H2,(H,24,33)/t17-/m0/s1. The first-order chi connectivity index (χ1) is 16.7. The molecular weight excluding hydrogens is 452 g/mol. The van der Waals surface area contributed by atoms with E-state index in [2.05, 4.69) is 30.4 Å². The van der Waals surface area contributed by atoms with E-state index in [9.17, 15) is 9.59 Å². The van der Waals surface area contributed by atoms with Crippen molar-refractivity contribution in [1.82, 2.24) is 34.8 Å². The zero-order valence-electron chi connectivity index (χ0n) is 18.4. The van der Waals surface area contributed by atoms with Crippen molar-refractivity contribution < 1.29 is 4.79 Å². The van der Waals surface area contributed by atoms with Crippen molar-refractivity contribution in [3.05, 3.63) is 70.9 Å². The van der Waals surface area contributed by atoms with Crippen LogP contribution in [0.5, 0.6) is 0 Å². The molecule has 34 heavy (non-hydrogen) atoms. The number of piperidine rings is 1. The minimum absolute atomic E-state index is 0.0199. The predicted molar refractivity (Wildman–Crippen MR) is 129 cm³/mol. The summed E-state index contributed by atoms with van der Waals surface area (Å²) < 4.78 is 3.09. The highest BCUT2D eigenvalue weighted by Gasteiger charge is 2.26. The summed E-state index contributed by atoms with van der Waals surface area (Å²) in [6, 6.07) is 10.9. The van der Waals surface area contributed by atoms with Crippen LogP contribution in [0, 0.1) is 5.92 Å². The van der Waals surface area contributed by atoms with E-state index in [1.54, 1.807) is 28.3 Å². The van der Waals surface area contributed by atoms with Crippen LogP contribution in [0.4, 0.5) is 5.82 Å². The normalized spacial score (nSPS) is 15.9. The van der Waals surface area contributed by atoms with E-state index in [-0.39, 0.29) is 17.4 Å². The molecule has 1 aliphatic heterocycles. The Morgan fingerprint density at radius 3 is 2.91 bits per heavy atom. The Balaban J connectivity index is 1.19. The quantitative estimate of drug-likeness (QED) is 0.434. The molecule has 1 aliphatic rings. The maximum atomic E-state index is 12.9. The maximum Gasteiger partial charge on any atom is 0.266 e. The van der Waals surface area contributed by atoms with E-state index in [4.69, 9.17) is 0 Å². The maximum absolute atomic E-state index is 12.9. The number of nitrogens with one attached hydrogen (secondary N) is 1. The summed E-state index contributed by atoms with van der Waals surface area (Å²) in [6.45, 7) is 2.06. The van der Waals surface area contributed by atoms with E-state index in [1.807, 2.05) is 35.8 Å². The number of hydrogen-bond donors (Lipinski definition) is 1. The fraction of sp³-hybridized carbons (Fsp3) is 0.304. The first-order valence-corrected chi connectivity index (χ1v) is 12.0. The number of thiophene rings is 1. The lowest BCUT2D eigenvalue weighted by Gasteiger charge is -2.32. The van der Waals surface area contributed by atoms with E-state index < -0.39 is 0 Å². The van der Waals surface area contributed by atoms with Crippen molar-refractivity contribution >= 4 is 23.1 Å². The van der Waals surface area contributed by atoms with Crippen molar-refractivity contribution in [3.63, 3.8) is 0 Å². The lowest BCUT2D eigenvalue weighted by molar-refractivity contribution is -0.125. The molecule has 0 aliphatic carbocycles. The second kappa shape index (κ2) is 9.96. The van der Waals surface area contributed by atoms with Gasteiger partial charge in [0.25, 0.3) is 5.56 Å². The number of carbonyl (C=O) groups excluding carboxylic acids is 1. The van der Waals surface area contributed by atoms with Gasteiger partial charge in [-0.25, -0.2) is 19.3 Å². The van der Waals surface area contributed by atoms with E-state index in [1.165, 1.54) is 17.1 Å². The summed E-state index contributed by atoms with van der Waals surface area (Å²) in [7, 11) is 0. The Bertz CT molecular complexity index is 1300. The molecule has 10 nitrogen and oxygen atoms in total. The van der Waals surface area contributed by atoms with Crippen LogP contribution in [0.1, 0.15) is 12.8 Å². The largest absolute Gasteiger partial charge is 0.356 e. The van der Waals surface area contributed by atoms with Crippen LogP contribution in [0.25, 0.3) is 16.4 Å². The topological polar surface area (TPSA) is 111 Å². The second-order valence-corrected chi connectivity index (χ2v) is 8.97. The summed E-state index contributed by atoms with van der Waals surface area (Å²) >= 11 is 1.57. The monoisotopic (exact) mass is 476 g/mol. The number of nitrogens with zero attached hydrogens (tertiary/aromatic N) is 7. The number of aromatic nitrogens is 6. The van der Waals surface area contributed by atoms with Crippen molar-refractivity contribution in [3.8, 4) is 16.4 Å². The van der Waals surface area contributed by atoms with Crippen LogP contribution in [0.2, 0.25) is 0 Å². The highest BCUT2D eigenvalue weighted by molar-refractivity contribution is 7.13. The summed E-state index contributed by atoms with van der Waals surface area (Å²) in [4.78, 5) is 36.9. The second-order valence-electron chi connectivity index (χ2n) is 8.02. The highest BCUT2D eigenvalue weighted by Crippen LogP contribution is 2.23. The number of anilines is 1. The Morgan fingerprint density at radius 1 is 1.18 bits per heavy atom. The predicted octanol–water partition coefficient (Wildman–Crippen LogP) is 1.98. The lowest BCUT2D eigenvalue weighted by atomic mass is 9.97. The fourth-order valence-corrected chi connectivity index (χ4v) is 4.72. The zero-order valence-corrected chi connectivity index (χ0v) is 19.3. The molecule has 0 spiro atoms. The zero-order chi connectivity index (χ0) is 23.3. The number of amides is 1. The molecule has 1 amide bonds. The van der Waals surface area contributed by atoms with Crippen LogP contribution >= 0.6 is 11.3 Å². The van der Waals surface area contributed by atoms with Crippen molar-refractivity contribution in [2.45, 2.75) is 19.4 Å². The van der Waals surface area contributed by atoms with Gasteiger partial charge < -0.3 is 10.2 Å². The minimum atomic E-state index is -0.185. The molecule has 1 saturated heterocycles. The van der Waals surface area contributed by atoms with Gasteiger partial charge in [-0.3, -0.25) is 9.59 Å². The summed E-state index contributed by atoms with van der Waals surface area (Å²) in [6.07, 6.45) is 6.75. The van der Waals surface area contributed by atoms with Gasteiger partial charge in [-0.05, 0) is 36.4 Å². The van der Waals surface area contributed by atoms with Crippen molar-refractivity contribution in [2.24, 2.45) is 5.92 Å². The number of hydrogen-bond acceptors (Lipinski definition) is 8. The third-order valence-electron chi connectivity index (χ3n) is 5.76. The van der Waals surface area contributed by atoms with Gasteiger partial charge in [0.1, 0.15) is 17.8 Å². The molecule has 0 bridgehead atoms. The molecule has 5 rings (SSSR count). The smallest absolute Gasteiger partial charge is 0.266 e. The third kappa shape index (κ3) is 4.88. The summed E-state index contributed by atoms with van der Waals surface area (Å²) in [5, 5.41) is 13.6. The Morgan fingerprint density at radius 2 is 2.09 bits per heavy atom. The molecule has 1 fully saturated rings. The SMILES string of the molecule is O=C(NCCn1nc(-c2cccs2)ccc1=O)[C@H]1CCCN(c2cc(-n3cccn3)ncn2)C1. The Kier molecular flexibility index (Phi) is 6.43. The molecular formula is C23H24N8O2S. The Hall–Kier alpha value is -3.86. The molecule has 1 N–H and O–H groups in total. The third-order valence-corrected chi connectivity index (χ3v) is 6.65. The van der Waals surface area contributed by atoms with E-state index >= 15 is 0 Å². The molecule has 4 aromatic rings. The van der Waals surface area contributed by atoms with Gasteiger partial charge >= 0.3 is 0 Å². The van der Waals surface area contributed by atoms with Crippen LogP contribution in [0.15, 0.2) is 65.3 Å². The van der Waals surface area contributed by atoms with Crippen molar-refractivity contribution in [2.75, 3.05) is 24.5 Å². The van der Waals surface area contributed by atoms with Gasteiger partial charge in [-0.1, -0.05) is 6.07 Å². The molecule has 4 aromatic heterocycles. The van der Waals surface area contributed by atoms with Crippen molar-refractivity contribution in [1.29, 1.82) is 0 Å². The van der Waals surface area contributed by atoms with Gasteiger partial charge in [0.2, 0.25) is 5.91 Å². The Labute approximate surface area is 199 Å². The van der Waals surface area contributed by atoms with Gasteiger partial charge in [0, 0.05) is 44.2 Å². The average Bonchev–Trinajstić information content (AvgIpc) is 3.60. The van der Waals surface area contributed by atoms with Gasteiger partial charge in [-0.15, -0.1) is 11.3 Å². The molecule has 0 saturated carbocycles.